The number of halogens is 1. The molecule has 0 spiro atoms. The van der Waals surface area contributed by atoms with E-state index in [-0.39, 0.29) is 10.9 Å². The van der Waals surface area contributed by atoms with Crippen molar-refractivity contribution in [3.8, 4) is 5.75 Å². The Hall–Kier alpha value is -0.630. The Labute approximate surface area is 129 Å². The lowest BCUT2D eigenvalue weighted by atomic mass is 10.3. The van der Waals surface area contributed by atoms with Crippen molar-refractivity contribution in [1.82, 2.24) is 4.31 Å². The molecular formula is C13H20BrNO4S. The summed E-state index contributed by atoms with van der Waals surface area (Å²) in [5, 5.41) is 0. The molecule has 7 heteroatoms. The van der Waals surface area contributed by atoms with Crippen LogP contribution in [0.3, 0.4) is 0 Å². The summed E-state index contributed by atoms with van der Waals surface area (Å²) in [7, 11) is -0.638. The van der Waals surface area contributed by atoms with Crippen molar-refractivity contribution < 1.29 is 17.9 Å². The molecule has 0 saturated heterocycles. The van der Waals surface area contributed by atoms with E-state index in [9.17, 15) is 8.42 Å². The first-order chi connectivity index (χ1) is 9.34. The molecule has 0 heterocycles. The molecule has 20 heavy (non-hydrogen) atoms. The van der Waals surface area contributed by atoms with Gasteiger partial charge in [0.05, 0.1) is 13.7 Å². The molecule has 0 radical (unpaired) electrons. The average Bonchev–Trinajstić information content (AvgIpc) is 2.38. The SMILES string of the molecule is COCCN(C(C)C)S(=O)(=O)c1cc(Br)ccc1OC. The second kappa shape index (κ2) is 7.40. The standard InChI is InChI=1S/C13H20BrNO4S/c1-10(2)15(7-8-18-3)20(16,17)13-9-11(14)5-6-12(13)19-4/h5-6,9-10H,7-8H2,1-4H3. The van der Waals surface area contributed by atoms with Crippen molar-refractivity contribution in [3.05, 3.63) is 22.7 Å². The van der Waals surface area contributed by atoms with Crippen LogP contribution in [-0.2, 0) is 14.8 Å². The van der Waals surface area contributed by atoms with Gasteiger partial charge in [0.2, 0.25) is 10.0 Å². The lowest BCUT2D eigenvalue weighted by Crippen LogP contribution is -2.39. The molecule has 0 aliphatic rings. The Balaban J connectivity index is 3.28. The third kappa shape index (κ3) is 3.94. The quantitative estimate of drug-likeness (QED) is 0.744. The van der Waals surface area contributed by atoms with Crippen LogP contribution in [0.2, 0.25) is 0 Å². The third-order valence-electron chi connectivity index (χ3n) is 2.80. The van der Waals surface area contributed by atoms with Crippen molar-refractivity contribution >= 4 is 26.0 Å². The maximum absolute atomic E-state index is 12.8. The van der Waals surface area contributed by atoms with E-state index in [0.717, 1.165) is 0 Å². The van der Waals surface area contributed by atoms with Gasteiger partial charge in [0.15, 0.2) is 0 Å². The van der Waals surface area contributed by atoms with Gasteiger partial charge in [0, 0.05) is 24.2 Å². The van der Waals surface area contributed by atoms with Crippen LogP contribution in [-0.4, -0.2) is 46.1 Å². The normalized spacial score (nSPS) is 12.2. The van der Waals surface area contributed by atoms with Crippen LogP contribution in [0.1, 0.15) is 13.8 Å². The fourth-order valence-electron chi connectivity index (χ4n) is 1.82. The van der Waals surface area contributed by atoms with Crippen molar-refractivity contribution in [2.45, 2.75) is 24.8 Å². The van der Waals surface area contributed by atoms with Gasteiger partial charge in [0.25, 0.3) is 0 Å². The topological polar surface area (TPSA) is 55.8 Å². The van der Waals surface area contributed by atoms with E-state index >= 15 is 0 Å². The Kier molecular flexibility index (Phi) is 6.44. The summed E-state index contributed by atoms with van der Waals surface area (Å²) in [6, 6.07) is 4.76. The van der Waals surface area contributed by atoms with E-state index < -0.39 is 10.0 Å². The van der Waals surface area contributed by atoms with Gasteiger partial charge >= 0.3 is 0 Å². The number of hydrogen-bond donors (Lipinski definition) is 0. The molecule has 1 aromatic rings. The van der Waals surface area contributed by atoms with E-state index in [4.69, 9.17) is 9.47 Å². The van der Waals surface area contributed by atoms with E-state index in [0.29, 0.717) is 23.4 Å². The van der Waals surface area contributed by atoms with Crippen LogP contribution in [0.5, 0.6) is 5.75 Å². The zero-order chi connectivity index (χ0) is 15.3. The molecule has 5 nitrogen and oxygen atoms in total. The number of nitrogens with zero attached hydrogens (tertiary/aromatic N) is 1. The van der Waals surface area contributed by atoms with Gasteiger partial charge in [-0.1, -0.05) is 15.9 Å². The van der Waals surface area contributed by atoms with E-state index in [1.54, 1.807) is 25.3 Å². The first-order valence-electron chi connectivity index (χ1n) is 6.19. The summed E-state index contributed by atoms with van der Waals surface area (Å²) >= 11 is 3.29. The second-order valence-corrected chi connectivity index (χ2v) is 7.27. The minimum atomic E-state index is -3.64. The molecule has 0 aliphatic heterocycles. The summed E-state index contributed by atoms with van der Waals surface area (Å²) in [6.07, 6.45) is 0. The van der Waals surface area contributed by atoms with E-state index in [1.165, 1.54) is 11.4 Å². The van der Waals surface area contributed by atoms with Gasteiger partial charge in [-0.05, 0) is 32.0 Å². The number of rotatable bonds is 7. The van der Waals surface area contributed by atoms with Crippen molar-refractivity contribution in [3.63, 3.8) is 0 Å². The lowest BCUT2D eigenvalue weighted by molar-refractivity contribution is 0.170. The van der Waals surface area contributed by atoms with Gasteiger partial charge in [-0.3, -0.25) is 0 Å². The minimum absolute atomic E-state index is 0.152. The molecule has 0 aliphatic carbocycles. The first-order valence-corrected chi connectivity index (χ1v) is 8.42. The molecule has 0 amide bonds. The maximum Gasteiger partial charge on any atom is 0.247 e. The Morgan fingerprint density at radius 2 is 1.95 bits per heavy atom. The summed E-state index contributed by atoms with van der Waals surface area (Å²) in [5.41, 5.74) is 0. The van der Waals surface area contributed by atoms with Gasteiger partial charge in [-0.25, -0.2) is 8.42 Å². The van der Waals surface area contributed by atoms with Crippen molar-refractivity contribution in [2.75, 3.05) is 27.4 Å². The molecule has 0 bridgehead atoms. The van der Waals surface area contributed by atoms with Gasteiger partial charge in [0.1, 0.15) is 10.6 Å². The summed E-state index contributed by atoms with van der Waals surface area (Å²) in [4.78, 5) is 0.152. The Bertz CT molecular complexity index is 545. The number of methoxy groups -OCH3 is 2. The molecule has 1 rings (SSSR count). The van der Waals surface area contributed by atoms with Gasteiger partial charge in [-0.15, -0.1) is 0 Å². The molecule has 0 unspecified atom stereocenters. The van der Waals surface area contributed by atoms with Crippen LogP contribution in [0.4, 0.5) is 0 Å². The summed E-state index contributed by atoms with van der Waals surface area (Å²) in [6.45, 7) is 4.30. The molecule has 114 valence electrons. The molecule has 0 atom stereocenters. The van der Waals surface area contributed by atoms with Crippen LogP contribution in [0.25, 0.3) is 0 Å². The highest BCUT2D eigenvalue weighted by atomic mass is 79.9. The highest BCUT2D eigenvalue weighted by Gasteiger charge is 2.29. The highest BCUT2D eigenvalue weighted by Crippen LogP contribution is 2.30. The number of sulfonamides is 1. The molecule has 1 aromatic carbocycles. The summed E-state index contributed by atoms with van der Waals surface area (Å²) in [5.74, 6) is 0.330. The number of benzene rings is 1. The third-order valence-corrected chi connectivity index (χ3v) is 5.39. The fourth-order valence-corrected chi connectivity index (χ4v) is 4.13. The van der Waals surface area contributed by atoms with Crippen molar-refractivity contribution in [2.24, 2.45) is 0 Å². The minimum Gasteiger partial charge on any atom is -0.495 e. The fraction of sp³-hybridized carbons (Fsp3) is 0.538. The van der Waals surface area contributed by atoms with Gasteiger partial charge < -0.3 is 9.47 Å². The second-order valence-electron chi connectivity index (χ2n) is 4.50. The maximum atomic E-state index is 12.8. The zero-order valence-electron chi connectivity index (χ0n) is 12.1. The predicted octanol–water partition coefficient (Wildman–Crippen LogP) is 2.50. The largest absolute Gasteiger partial charge is 0.495 e. The van der Waals surface area contributed by atoms with E-state index in [2.05, 4.69) is 15.9 Å². The van der Waals surface area contributed by atoms with Crippen molar-refractivity contribution in [1.29, 1.82) is 0 Å². The number of hydrogen-bond acceptors (Lipinski definition) is 4. The van der Waals surface area contributed by atoms with Crippen LogP contribution in [0.15, 0.2) is 27.6 Å². The first kappa shape index (κ1) is 17.4. The predicted molar refractivity (Wildman–Crippen MR) is 81.6 cm³/mol. The van der Waals surface area contributed by atoms with E-state index in [1.807, 2.05) is 13.8 Å². The zero-order valence-corrected chi connectivity index (χ0v) is 14.5. The number of ether oxygens (including phenoxy) is 2. The van der Waals surface area contributed by atoms with Crippen LogP contribution >= 0.6 is 15.9 Å². The molecule has 0 saturated carbocycles. The Morgan fingerprint density at radius 3 is 2.45 bits per heavy atom. The summed E-state index contributed by atoms with van der Waals surface area (Å²) < 4.78 is 37.8. The monoisotopic (exact) mass is 365 g/mol. The van der Waals surface area contributed by atoms with Crippen LogP contribution in [0, 0.1) is 0 Å². The molecule has 0 N–H and O–H groups in total. The van der Waals surface area contributed by atoms with Crippen LogP contribution < -0.4 is 4.74 Å². The van der Waals surface area contributed by atoms with Gasteiger partial charge in [-0.2, -0.15) is 4.31 Å². The molecule has 0 aromatic heterocycles. The lowest BCUT2D eigenvalue weighted by Gasteiger charge is -2.26. The highest BCUT2D eigenvalue weighted by molar-refractivity contribution is 9.10. The smallest absolute Gasteiger partial charge is 0.247 e. The Morgan fingerprint density at radius 1 is 1.30 bits per heavy atom. The average molecular weight is 366 g/mol. The molecular weight excluding hydrogens is 346 g/mol. The molecule has 0 fully saturated rings.